The predicted molar refractivity (Wildman–Crippen MR) is 59.8 cm³/mol. The van der Waals surface area contributed by atoms with E-state index in [9.17, 15) is 4.39 Å². The van der Waals surface area contributed by atoms with Crippen molar-refractivity contribution in [2.24, 2.45) is 0 Å². The summed E-state index contributed by atoms with van der Waals surface area (Å²) in [7, 11) is 0. The topological polar surface area (TPSA) is 71.9 Å². The standard InChI is InChI=1S/C12H8FN3O/c13-11-5-9(3-4-12(11)15)17-10-2-1-8(6-14)16-7-10/h1-5,7H,15H2. The third-order valence-electron chi connectivity index (χ3n) is 2.06. The van der Waals surface area contributed by atoms with Gasteiger partial charge in [-0.25, -0.2) is 9.37 Å². The van der Waals surface area contributed by atoms with E-state index < -0.39 is 5.82 Å². The highest BCUT2D eigenvalue weighted by Gasteiger charge is 2.02. The quantitative estimate of drug-likeness (QED) is 0.803. The summed E-state index contributed by atoms with van der Waals surface area (Å²) >= 11 is 0. The van der Waals surface area contributed by atoms with Gasteiger partial charge in [0.15, 0.2) is 0 Å². The van der Waals surface area contributed by atoms with Crippen molar-refractivity contribution in [3.63, 3.8) is 0 Å². The van der Waals surface area contributed by atoms with E-state index in [4.69, 9.17) is 15.7 Å². The molecule has 1 aromatic heterocycles. The van der Waals surface area contributed by atoms with E-state index >= 15 is 0 Å². The van der Waals surface area contributed by atoms with Gasteiger partial charge in [-0.05, 0) is 24.3 Å². The van der Waals surface area contributed by atoms with Crippen molar-refractivity contribution in [3.8, 4) is 17.6 Å². The van der Waals surface area contributed by atoms with Gasteiger partial charge in [-0.3, -0.25) is 0 Å². The number of nitrogens with two attached hydrogens (primary N) is 1. The molecular formula is C12H8FN3O. The van der Waals surface area contributed by atoms with Crippen LogP contribution >= 0.6 is 0 Å². The summed E-state index contributed by atoms with van der Waals surface area (Å²) in [6.45, 7) is 0. The fourth-order valence-corrected chi connectivity index (χ4v) is 1.21. The van der Waals surface area contributed by atoms with E-state index in [1.54, 1.807) is 12.1 Å². The van der Waals surface area contributed by atoms with E-state index in [1.807, 2.05) is 6.07 Å². The van der Waals surface area contributed by atoms with Gasteiger partial charge in [-0.2, -0.15) is 5.26 Å². The average Bonchev–Trinajstić information content (AvgIpc) is 2.35. The van der Waals surface area contributed by atoms with Crippen molar-refractivity contribution in [3.05, 3.63) is 48.0 Å². The lowest BCUT2D eigenvalue weighted by Crippen LogP contribution is -1.92. The molecule has 0 fully saturated rings. The molecule has 2 rings (SSSR count). The first-order chi connectivity index (χ1) is 8.19. The smallest absolute Gasteiger partial charge is 0.149 e. The van der Waals surface area contributed by atoms with Crippen LogP contribution in [-0.2, 0) is 0 Å². The molecule has 0 aliphatic carbocycles. The van der Waals surface area contributed by atoms with Gasteiger partial charge in [0.2, 0.25) is 0 Å². The third-order valence-corrected chi connectivity index (χ3v) is 2.06. The second kappa shape index (κ2) is 4.49. The van der Waals surface area contributed by atoms with Crippen LogP contribution in [0, 0.1) is 17.1 Å². The summed E-state index contributed by atoms with van der Waals surface area (Å²) in [4.78, 5) is 3.83. The summed E-state index contributed by atoms with van der Waals surface area (Å²) in [6, 6.07) is 9.15. The minimum atomic E-state index is -0.538. The lowest BCUT2D eigenvalue weighted by Gasteiger charge is -2.05. The van der Waals surface area contributed by atoms with Crippen LogP contribution in [0.1, 0.15) is 5.69 Å². The van der Waals surface area contributed by atoms with Crippen molar-refractivity contribution in [2.75, 3.05) is 5.73 Å². The maximum Gasteiger partial charge on any atom is 0.149 e. The van der Waals surface area contributed by atoms with E-state index in [-0.39, 0.29) is 5.69 Å². The normalized spacial score (nSPS) is 9.65. The first-order valence-electron chi connectivity index (χ1n) is 4.78. The largest absolute Gasteiger partial charge is 0.456 e. The van der Waals surface area contributed by atoms with E-state index in [0.29, 0.717) is 17.2 Å². The Kier molecular flexibility index (Phi) is 2.88. The van der Waals surface area contributed by atoms with Crippen LogP contribution in [0.3, 0.4) is 0 Å². The van der Waals surface area contributed by atoms with Crippen LogP contribution in [0.5, 0.6) is 11.5 Å². The molecule has 0 unspecified atom stereocenters. The molecule has 17 heavy (non-hydrogen) atoms. The third kappa shape index (κ3) is 2.49. The van der Waals surface area contributed by atoms with E-state index in [1.165, 1.54) is 24.4 Å². The molecule has 1 aromatic carbocycles. The molecule has 0 amide bonds. The predicted octanol–water partition coefficient (Wildman–Crippen LogP) is 2.47. The van der Waals surface area contributed by atoms with E-state index in [2.05, 4.69) is 4.98 Å². The maximum absolute atomic E-state index is 13.1. The Morgan fingerprint density at radius 2 is 2.00 bits per heavy atom. The number of anilines is 1. The SMILES string of the molecule is N#Cc1ccc(Oc2ccc(N)c(F)c2)cn1. The number of halogens is 1. The second-order valence-corrected chi connectivity index (χ2v) is 3.28. The van der Waals surface area contributed by atoms with Gasteiger partial charge in [-0.15, -0.1) is 0 Å². The van der Waals surface area contributed by atoms with Crippen LogP contribution in [0.4, 0.5) is 10.1 Å². The summed E-state index contributed by atoms with van der Waals surface area (Å²) in [6.07, 6.45) is 1.40. The van der Waals surface area contributed by atoms with Crippen molar-refractivity contribution in [1.29, 1.82) is 5.26 Å². The van der Waals surface area contributed by atoms with Gasteiger partial charge in [0.1, 0.15) is 29.1 Å². The van der Waals surface area contributed by atoms with Crippen LogP contribution in [0.25, 0.3) is 0 Å². The first-order valence-corrected chi connectivity index (χ1v) is 4.78. The Morgan fingerprint density at radius 3 is 2.59 bits per heavy atom. The minimum Gasteiger partial charge on any atom is -0.456 e. The number of nitrogens with zero attached hydrogens (tertiary/aromatic N) is 2. The van der Waals surface area contributed by atoms with Gasteiger partial charge >= 0.3 is 0 Å². The van der Waals surface area contributed by atoms with Crippen LogP contribution < -0.4 is 10.5 Å². The lowest BCUT2D eigenvalue weighted by atomic mass is 10.3. The highest BCUT2D eigenvalue weighted by Crippen LogP contribution is 2.23. The zero-order chi connectivity index (χ0) is 12.3. The number of ether oxygens (including phenoxy) is 1. The molecule has 0 atom stereocenters. The molecule has 4 nitrogen and oxygen atoms in total. The molecule has 0 spiro atoms. The molecular weight excluding hydrogens is 221 g/mol. The molecule has 2 aromatic rings. The van der Waals surface area contributed by atoms with Crippen LogP contribution in [0.2, 0.25) is 0 Å². The van der Waals surface area contributed by atoms with Gasteiger partial charge in [-0.1, -0.05) is 0 Å². The highest BCUT2D eigenvalue weighted by molar-refractivity contribution is 5.44. The average molecular weight is 229 g/mol. The number of rotatable bonds is 2. The molecule has 0 aliphatic rings. The summed E-state index contributed by atoms with van der Waals surface area (Å²) < 4.78 is 18.5. The number of hydrogen-bond donors (Lipinski definition) is 1. The van der Waals surface area contributed by atoms with Crippen LogP contribution in [0.15, 0.2) is 36.5 Å². The summed E-state index contributed by atoms with van der Waals surface area (Å²) in [5, 5.41) is 8.57. The Hall–Kier alpha value is -2.61. The molecule has 2 N–H and O–H groups in total. The Balaban J connectivity index is 2.20. The van der Waals surface area contributed by atoms with Crippen LogP contribution in [-0.4, -0.2) is 4.98 Å². The summed E-state index contributed by atoms with van der Waals surface area (Å²) in [5.74, 6) is 0.209. The lowest BCUT2D eigenvalue weighted by molar-refractivity contribution is 0.475. The fraction of sp³-hybridized carbons (Fsp3) is 0. The van der Waals surface area contributed by atoms with Crippen molar-refractivity contribution in [2.45, 2.75) is 0 Å². The number of nitrogen functional groups attached to an aromatic ring is 1. The van der Waals surface area contributed by atoms with Crippen molar-refractivity contribution < 1.29 is 9.13 Å². The molecule has 5 heteroatoms. The monoisotopic (exact) mass is 229 g/mol. The maximum atomic E-state index is 13.1. The van der Waals surface area contributed by atoms with Crippen molar-refractivity contribution >= 4 is 5.69 Å². The molecule has 0 saturated heterocycles. The number of hydrogen-bond acceptors (Lipinski definition) is 4. The molecule has 0 saturated carbocycles. The molecule has 0 bridgehead atoms. The highest BCUT2D eigenvalue weighted by atomic mass is 19.1. The van der Waals surface area contributed by atoms with Gasteiger partial charge in [0.25, 0.3) is 0 Å². The number of nitriles is 1. The van der Waals surface area contributed by atoms with Gasteiger partial charge in [0, 0.05) is 6.07 Å². The number of pyridine rings is 1. The second-order valence-electron chi connectivity index (χ2n) is 3.28. The minimum absolute atomic E-state index is 0.0651. The molecule has 0 radical (unpaired) electrons. The fourth-order valence-electron chi connectivity index (χ4n) is 1.21. The molecule has 0 aliphatic heterocycles. The molecule has 84 valence electrons. The number of benzene rings is 1. The first kappa shape index (κ1) is 10.9. The molecule has 1 heterocycles. The van der Waals surface area contributed by atoms with Gasteiger partial charge < -0.3 is 10.5 Å². The zero-order valence-electron chi connectivity index (χ0n) is 8.72. The number of aromatic nitrogens is 1. The van der Waals surface area contributed by atoms with Gasteiger partial charge in [0.05, 0.1) is 11.9 Å². The Bertz CT molecular complexity index is 575. The Labute approximate surface area is 97.1 Å². The summed E-state index contributed by atoms with van der Waals surface area (Å²) in [5.41, 5.74) is 5.70. The zero-order valence-corrected chi connectivity index (χ0v) is 8.72. The van der Waals surface area contributed by atoms with E-state index in [0.717, 1.165) is 0 Å². The Morgan fingerprint density at radius 1 is 1.24 bits per heavy atom. The van der Waals surface area contributed by atoms with Crippen molar-refractivity contribution in [1.82, 2.24) is 4.98 Å².